The van der Waals surface area contributed by atoms with Crippen LogP contribution in [0.4, 0.5) is 0 Å². The van der Waals surface area contributed by atoms with Crippen LogP contribution in [0.25, 0.3) is 0 Å². The van der Waals surface area contributed by atoms with Crippen LogP contribution in [0.5, 0.6) is 0 Å². The van der Waals surface area contributed by atoms with E-state index in [-0.39, 0.29) is 29.6 Å². The minimum absolute atomic E-state index is 0. The van der Waals surface area contributed by atoms with Crippen LogP contribution in [0.15, 0.2) is 11.6 Å². The zero-order chi connectivity index (χ0) is 4.41. The van der Waals surface area contributed by atoms with E-state index in [1.165, 1.54) is 11.3 Å². The number of rotatable bonds is 0. The molecule has 0 unspecified atom stereocenters. The van der Waals surface area contributed by atoms with Crippen LogP contribution in [0, 0.1) is 3.95 Å². The van der Waals surface area contributed by atoms with E-state index in [0.29, 0.717) is 0 Å². The van der Waals surface area contributed by atoms with E-state index < -0.39 is 0 Å². The van der Waals surface area contributed by atoms with E-state index in [2.05, 4.69) is 4.98 Å². The van der Waals surface area contributed by atoms with Gasteiger partial charge < -0.3 is 4.98 Å². The van der Waals surface area contributed by atoms with E-state index >= 15 is 0 Å². The van der Waals surface area contributed by atoms with Crippen molar-refractivity contribution < 1.29 is 29.6 Å². The van der Waals surface area contributed by atoms with Gasteiger partial charge in [-0.3, -0.25) is 0 Å². The Bertz CT molecular complexity index is 151. The van der Waals surface area contributed by atoms with Crippen LogP contribution in [0.3, 0.4) is 0 Å². The fraction of sp³-hybridized carbons (Fsp3) is 0. The molecule has 0 aliphatic rings. The molecule has 0 saturated heterocycles. The van der Waals surface area contributed by atoms with Gasteiger partial charge >= 0.3 is 29.6 Å². The van der Waals surface area contributed by atoms with Crippen molar-refractivity contribution in [2.45, 2.75) is 0 Å². The van der Waals surface area contributed by atoms with Gasteiger partial charge in [-0.25, -0.2) is 0 Å². The van der Waals surface area contributed by atoms with Gasteiger partial charge in [-0.15, -0.1) is 11.3 Å². The Hall–Kier alpha value is 0.850. The number of H-pyrrole nitrogens is 1. The maximum absolute atomic E-state index is 4.71. The summed E-state index contributed by atoms with van der Waals surface area (Å²) in [4.78, 5) is 2.83. The van der Waals surface area contributed by atoms with E-state index in [1.807, 2.05) is 11.6 Å². The molecule has 1 aromatic heterocycles. The number of nitrogens with one attached hydrogen (secondary N) is 1. The predicted molar refractivity (Wildman–Crippen MR) is 29.5 cm³/mol. The van der Waals surface area contributed by atoms with Crippen molar-refractivity contribution in [3.63, 3.8) is 0 Å². The molecule has 0 aliphatic heterocycles. The average molecular weight is 140 g/mol. The maximum atomic E-state index is 4.71. The molecular formula is C3H3NNaS2+. The molecule has 0 aromatic carbocycles. The van der Waals surface area contributed by atoms with Crippen LogP contribution in [-0.2, 0) is 0 Å². The predicted octanol–water partition coefficient (Wildman–Crippen LogP) is -1.19. The van der Waals surface area contributed by atoms with Crippen molar-refractivity contribution >= 4 is 23.6 Å². The third-order valence-electron chi connectivity index (χ3n) is 0.444. The van der Waals surface area contributed by atoms with Crippen LogP contribution in [0.1, 0.15) is 0 Å². The zero-order valence-electron chi connectivity index (χ0n) is 3.97. The normalized spacial score (nSPS) is 7.43. The summed E-state index contributed by atoms with van der Waals surface area (Å²) in [6, 6.07) is 0. The van der Waals surface area contributed by atoms with Gasteiger partial charge in [-0.05, 0) is 12.2 Å². The van der Waals surface area contributed by atoms with Crippen molar-refractivity contribution in [2.24, 2.45) is 0 Å². The van der Waals surface area contributed by atoms with Gasteiger partial charge in [0.05, 0.1) is 0 Å². The first-order valence-electron chi connectivity index (χ1n) is 1.52. The van der Waals surface area contributed by atoms with Crippen LogP contribution < -0.4 is 29.6 Å². The molecule has 0 atom stereocenters. The van der Waals surface area contributed by atoms with Gasteiger partial charge in [-0.2, -0.15) is 0 Å². The number of aromatic nitrogens is 1. The Morgan fingerprint density at radius 2 is 2.43 bits per heavy atom. The standard InChI is InChI=1S/C3H3NS2.Na/c5-3-4-1-2-6-3;/h1-2H,(H,4,5);/q;+1. The maximum Gasteiger partial charge on any atom is 1.00 e. The molecule has 1 nitrogen and oxygen atoms in total. The Morgan fingerprint density at radius 3 is 2.57 bits per heavy atom. The summed E-state index contributed by atoms with van der Waals surface area (Å²) in [5, 5.41) is 1.92. The molecule has 0 fully saturated rings. The first-order chi connectivity index (χ1) is 2.89. The van der Waals surface area contributed by atoms with E-state index in [0.717, 1.165) is 3.95 Å². The van der Waals surface area contributed by atoms with E-state index in [9.17, 15) is 0 Å². The monoisotopic (exact) mass is 140 g/mol. The summed E-state index contributed by atoms with van der Waals surface area (Å²) in [5.41, 5.74) is 0. The minimum atomic E-state index is 0. The molecule has 7 heavy (non-hydrogen) atoms. The Morgan fingerprint density at radius 1 is 1.71 bits per heavy atom. The first kappa shape index (κ1) is 7.85. The van der Waals surface area contributed by atoms with Crippen LogP contribution in [-0.4, -0.2) is 4.98 Å². The summed E-state index contributed by atoms with van der Waals surface area (Å²) in [5.74, 6) is 0. The molecule has 4 heteroatoms. The molecule has 0 bridgehead atoms. The van der Waals surface area contributed by atoms with Gasteiger partial charge in [0, 0.05) is 11.6 Å². The second-order valence-corrected chi connectivity index (χ2v) is 2.44. The van der Waals surface area contributed by atoms with Crippen LogP contribution >= 0.6 is 23.6 Å². The SMILES string of the molecule is S=c1[nH]ccs1.[Na+]. The molecule has 0 saturated carbocycles. The molecule has 32 valence electrons. The molecule has 0 spiro atoms. The van der Waals surface area contributed by atoms with Crippen molar-refractivity contribution in [2.75, 3.05) is 0 Å². The van der Waals surface area contributed by atoms with E-state index in [4.69, 9.17) is 12.2 Å². The Balaban J connectivity index is 0.000000360. The minimum Gasteiger partial charge on any atom is -0.344 e. The largest absolute Gasteiger partial charge is 1.00 e. The van der Waals surface area contributed by atoms with Crippen molar-refractivity contribution in [3.05, 3.63) is 15.5 Å². The van der Waals surface area contributed by atoms with Crippen molar-refractivity contribution in [1.82, 2.24) is 4.98 Å². The smallest absolute Gasteiger partial charge is 0.344 e. The summed E-state index contributed by atoms with van der Waals surface area (Å²) in [7, 11) is 0. The van der Waals surface area contributed by atoms with Crippen molar-refractivity contribution in [1.29, 1.82) is 0 Å². The fourth-order valence-corrected chi connectivity index (χ4v) is 0.862. The average Bonchev–Trinajstić information content (AvgIpc) is 1.86. The van der Waals surface area contributed by atoms with E-state index in [1.54, 1.807) is 0 Å². The van der Waals surface area contributed by atoms with Gasteiger partial charge in [-0.1, -0.05) is 0 Å². The quantitative estimate of drug-likeness (QED) is 0.354. The van der Waals surface area contributed by atoms with Crippen molar-refractivity contribution in [3.8, 4) is 0 Å². The molecule has 0 aliphatic carbocycles. The third kappa shape index (κ3) is 2.61. The number of aromatic amines is 1. The first-order valence-corrected chi connectivity index (χ1v) is 2.80. The molecule has 0 radical (unpaired) electrons. The topological polar surface area (TPSA) is 15.8 Å². The van der Waals surface area contributed by atoms with Gasteiger partial charge in [0.2, 0.25) is 0 Å². The van der Waals surface area contributed by atoms with Gasteiger partial charge in [0.1, 0.15) is 0 Å². The molecular weight excluding hydrogens is 137 g/mol. The molecule has 1 rings (SSSR count). The third-order valence-corrected chi connectivity index (χ3v) is 1.45. The summed E-state index contributed by atoms with van der Waals surface area (Å²) < 4.78 is 0.843. The van der Waals surface area contributed by atoms with Crippen LogP contribution in [0.2, 0.25) is 0 Å². The Kier molecular flexibility index (Phi) is 4.27. The molecule has 1 heterocycles. The second-order valence-electron chi connectivity index (χ2n) is 0.852. The zero-order valence-corrected chi connectivity index (χ0v) is 7.60. The number of hydrogen-bond donors (Lipinski definition) is 1. The molecule has 1 aromatic rings. The summed E-state index contributed by atoms with van der Waals surface area (Å²) >= 11 is 6.25. The molecule has 1 N–H and O–H groups in total. The summed E-state index contributed by atoms with van der Waals surface area (Å²) in [6.45, 7) is 0. The number of thiazole rings is 1. The molecule has 0 amide bonds. The summed E-state index contributed by atoms with van der Waals surface area (Å²) in [6.07, 6.45) is 1.83. The fourth-order valence-electron chi connectivity index (χ4n) is 0.232. The second kappa shape index (κ2) is 3.80. The van der Waals surface area contributed by atoms with Gasteiger partial charge in [0.15, 0.2) is 3.95 Å². The van der Waals surface area contributed by atoms with Gasteiger partial charge in [0.25, 0.3) is 0 Å². The Labute approximate surface area is 73.1 Å². The number of hydrogen-bond acceptors (Lipinski definition) is 2.